The Morgan fingerprint density at radius 2 is 1.67 bits per heavy atom. The molecule has 0 aromatic heterocycles. The van der Waals surface area contributed by atoms with Crippen LogP contribution in [-0.2, 0) is 5.75 Å². The molecule has 8 nitrogen and oxygen atoms in total. The number of thioether (sulfide) groups is 1. The molecular formula is C16H13Cl2N3O5S. The molecule has 2 rings (SSSR count). The molecule has 142 valence electrons. The van der Waals surface area contributed by atoms with Crippen LogP contribution < -0.4 is 5.32 Å². The summed E-state index contributed by atoms with van der Waals surface area (Å²) >= 11 is 13.4. The largest absolute Gasteiger partial charge is 0.351 e. The van der Waals surface area contributed by atoms with Gasteiger partial charge in [-0.15, -0.1) is 0 Å². The zero-order valence-electron chi connectivity index (χ0n) is 13.7. The lowest BCUT2D eigenvalue weighted by atomic mass is 10.1. The fourth-order valence-electron chi connectivity index (χ4n) is 2.10. The first-order valence-electron chi connectivity index (χ1n) is 7.51. The van der Waals surface area contributed by atoms with Crippen LogP contribution in [0.4, 0.5) is 11.4 Å². The van der Waals surface area contributed by atoms with Crippen molar-refractivity contribution in [3.63, 3.8) is 0 Å². The van der Waals surface area contributed by atoms with E-state index < -0.39 is 27.1 Å². The number of nitro benzene ring substituents is 2. The van der Waals surface area contributed by atoms with E-state index in [9.17, 15) is 25.0 Å². The van der Waals surface area contributed by atoms with E-state index >= 15 is 0 Å². The number of carbonyl (C=O) groups excluding carboxylic acids is 1. The SMILES string of the molecule is O=C(NCCSCc1ccc(Cl)cc1Cl)c1cc([N+](=O)[O-])cc([N+](=O)[O-])c1. The van der Waals surface area contributed by atoms with Crippen LogP contribution in [0, 0.1) is 20.2 Å². The van der Waals surface area contributed by atoms with E-state index in [1.807, 2.05) is 6.07 Å². The Morgan fingerprint density at radius 3 is 2.22 bits per heavy atom. The maximum atomic E-state index is 12.1. The lowest BCUT2D eigenvalue weighted by molar-refractivity contribution is -0.394. The zero-order valence-corrected chi connectivity index (χ0v) is 16.0. The van der Waals surface area contributed by atoms with E-state index in [0.717, 1.165) is 23.8 Å². The highest BCUT2D eigenvalue weighted by atomic mass is 35.5. The van der Waals surface area contributed by atoms with Gasteiger partial charge in [-0.25, -0.2) is 0 Å². The molecular weight excluding hydrogens is 417 g/mol. The summed E-state index contributed by atoms with van der Waals surface area (Å²) < 4.78 is 0. The van der Waals surface area contributed by atoms with E-state index in [1.54, 1.807) is 12.1 Å². The molecule has 0 heterocycles. The van der Waals surface area contributed by atoms with Crippen LogP contribution in [0.3, 0.4) is 0 Å². The van der Waals surface area contributed by atoms with Crippen LogP contribution in [-0.4, -0.2) is 28.1 Å². The van der Waals surface area contributed by atoms with Crippen molar-refractivity contribution >= 4 is 52.2 Å². The molecule has 1 N–H and O–H groups in total. The van der Waals surface area contributed by atoms with Gasteiger partial charge in [-0.3, -0.25) is 25.0 Å². The number of nitrogens with zero attached hydrogens (tertiary/aromatic N) is 2. The molecule has 0 bridgehead atoms. The smallest absolute Gasteiger partial charge is 0.277 e. The number of rotatable bonds is 8. The Balaban J connectivity index is 1.90. The van der Waals surface area contributed by atoms with E-state index in [0.29, 0.717) is 21.6 Å². The molecule has 0 radical (unpaired) electrons. The van der Waals surface area contributed by atoms with Crippen molar-refractivity contribution in [1.29, 1.82) is 0 Å². The minimum absolute atomic E-state index is 0.137. The fourth-order valence-corrected chi connectivity index (χ4v) is 3.51. The van der Waals surface area contributed by atoms with Crippen molar-refractivity contribution < 1.29 is 14.6 Å². The molecule has 0 aliphatic carbocycles. The van der Waals surface area contributed by atoms with E-state index in [-0.39, 0.29) is 12.1 Å². The van der Waals surface area contributed by atoms with E-state index in [1.165, 1.54) is 11.8 Å². The third-order valence-corrected chi connectivity index (χ3v) is 4.99. The van der Waals surface area contributed by atoms with Crippen LogP contribution in [0.2, 0.25) is 10.0 Å². The molecule has 1 amide bonds. The van der Waals surface area contributed by atoms with Crippen molar-refractivity contribution in [1.82, 2.24) is 5.32 Å². The minimum Gasteiger partial charge on any atom is -0.351 e. The molecule has 0 aliphatic heterocycles. The minimum atomic E-state index is -0.782. The lowest BCUT2D eigenvalue weighted by Crippen LogP contribution is -2.25. The quantitative estimate of drug-likeness (QED) is 0.375. The Kier molecular flexibility index (Phi) is 7.40. The van der Waals surface area contributed by atoms with Gasteiger partial charge >= 0.3 is 0 Å². The molecule has 0 spiro atoms. The van der Waals surface area contributed by atoms with Crippen LogP contribution in [0.1, 0.15) is 15.9 Å². The van der Waals surface area contributed by atoms with Gasteiger partial charge in [-0.05, 0) is 17.7 Å². The summed E-state index contributed by atoms with van der Waals surface area (Å²) in [5.74, 6) is 0.558. The second-order valence-electron chi connectivity index (χ2n) is 5.30. The van der Waals surface area contributed by atoms with Crippen molar-refractivity contribution in [2.24, 2.45) is 0 Å². The highest BCUT2D eigenvalue weighted by Gasteiger charge is 2.19. The second kappa shape index (κ2) is 9.54. The highest BCUT2D eigenvalue weighted by molar-refractivity contribution is 7.98. The summed E-state index contributed by atoms with van der Waals surface area (Å²) in [5.41, 5.74) is -0.254. The average molecular weight is 430 g/mol. The fraction of sp³-hybridized carbons (Fsp3) is 0.188. The van der Waals surface area contributed by atoms with Crippen LogP contribution in [0.5, 0.6) is 0 Å². The number of amides is 1. The summed E-state index contributed by atoms with van der Waals surface area (Å²) in [6, 6.07) is 8.02. The first kappa shape index (κ1) is 20.9. The standard InChI is InChI=1S/C16H13Cl2N3O5S/c17-12-2-1-10(15(18)7-12)9-27-4-3-19-16(22)11-5-13(20(23)24)8-14(6-11)21(25)26/h1-2,5-8H,3-4,9H2,(H,19,22). The molecule has 2 aromatic rings. The molecule has 2 aromatic carbocycles. The van der Waals surface area contributed by atoms with Crippen LogP contribution in [0.15, 0.2) is 36.4 Å². The Labute approximate surface area is 168 Å². The van der Waals surface area contributed by atoms with Crippen LogP contribution >= 0.6 is 35.0 Å². The molecule has 27 heavy (non-hydrogen) atoms. The van der Waals surface area contributed by atoms with Crippen molar-refractivity contribution in [3.8, 4) is 0 Å². The van der Waals surface area contributed by atoms with Gasteiger partial charge in [-0.1, -0.05) is 29.3 Å². The monoisotopic (exact) mass is 429 g/mol. The number of non-ortho nitro benzene ring substituents is 2. The molecule has 0 saturated heterocycles. The predicted molar refractivity (Wildman–Crippen MR) is 105 cm³/mol. The normalized spacial score (nSPS) is 10.4. The molecule has 0 fully saturated rings. The molecule has 0 saturated carbocycles. The summed E-state index contributed by atoms with van der Waals surface area (Å²) in [6.45, 7) is 0.283. The molecule has 0 atom stereocenters. The average Bonchev–Trinajstić information content (AvgIpc) is 2.62. The topological polar surface area (TPSA) is 115 Å². The number of halogens is 2. The Hall–Kier alpha value is -2.36. The van der Waals surface area contributed by atoms with Gasteiger partial charge in [0.05, 0.1) is 21.5 Å². The highest BCUT2D eigenvalue weighted by Crippen LogP contribution is 2.25. The number of hydrogen-bond acceptors (Lipinski definition) is 6. The van der Waals surface area contributed by atoms with Gasteiger partial charge in [0.2, 0.25) is 0 Å². The molecule has 11 heteroatoms. The zero-order chi connectivity index (χ0) is 20.0. The van der Waals surface area contributed by atoms with Crippen LogP contribution in [0.25, 0.3) is 0 Å². The van der Waals surface area contributed by atoms with Gasteiger partial charge in [0.25, 0.3) is 17.3 Å². The number of carbonyl (C=O) groups is 1. The van der Waals surface area contributed by atoms with E-state index in [2.05, 4.69) is 5.32 Å². The van der Waals surface area contributed by atoms with Gasteiger partial charge in [0.15, 0.2) is 0 Å². The maximum absolute atomic E-state index is 12.1. The summed E-state index contributed by atoms with van der Waals surface area (Å²) in [5, 5.41) is 25.4. The third-order valence-electron chi connectivity index (χ3n) is 3.39. The lowest BCUT2D eigenvalue weighted by Gasteiger charge is -2.07. The maximum Gasteiger partial charge on any atom is 0.277 e. The van der Waals surface area contributed by atoms with Gasteiger partial charge in [-0.2, -0.15) is 11.8 Å². The van der Waals surface area contributed by atoms with Crippen molar-refractivity contribution in [2.75, 3.05) is 12.3 Å². The molecule has 0 aliphatic rings. The number of benzene rings is 2. The Bertz CT molecular complexity index is 862. The van der Waals surface area contributed by atoms with Gasteiger partial charge in [0, 0.05) is 40.2 Å². The predicted octanol–water partition coefficient (Wildman–Crippen LogP) is 4.47. The third kappa shape index (κ3) is 6.09. The van der Waals surface area contributed by atoms with E-state index in [4.69, 9.17) is 23.2 Å². The van der Waals surface area contributed by atoms with Gasteiger partial charge in [0.1, 0.15) is 0 Å². The summed E-state index contributed by atoms with van der Waals surface area (Å²) in [7, 11) is 0. The number of nitrogens with one attached hydrogen (secondary N) is 1. The first-order valence-corrected chi connectivity index (χ1v) is 9.42. The van der Waals surface area contributed by atoms with Crippen molar-refractivity contribution in [3.05, 3.63) is 77.8 Å². The van der Waals surface area contributed by atoms with Gasteiger partial charge < -0.3 is 5.32 Å². The number of hydrogen-bond donors (Lipinski definition) is 1. The summed E-state index contributed by atoms with van der Waals surface area (Å²) in [6.07, 6.45) is 0. The molecule has 0 unspecified atom stereocenters. The van der Waals surface area contributed by atoms with Crippen molar-refractivity contribution in [2.45, 2.75) is 5.75 Å². The first-order chi connectivity index (χ1) is 12.8. The second-order valence-corrected chi connectivity index (χ2v) is 7.25. The summed E-state index contributed by atoms with van der Waals surface area (Å²) in [4.78, 5) is 32.3. The Morgan fingerprint density at radius 1 is 1.04 bits per heavy atom. The number of nitro groups is 2.